The number of hydrogen-bond donors (Lipinski definition) is 0. The molecule has 2 heteroatoms. The minimum atomic E-state index is -1.14. The van der Waals surface area contributed by atoms with Gasteiger partial charge in [0.15, 0.2) is 0 Å². The van der Waals surface area contributed by atoms with E-state index < -0.39 is 8.07 Å². The number of hydrogen-bond acceptors (Lipinski definition) is 0. The zero-order valence-electron chi connectivity index (χ0n) is 14.3. The minimum absolute atomic E-state index is 0.586. The smallest absolute Gasteiger partial charge is 0.119 e. The fourth-order valence-corrected chi connectivity index (χ4v) is 6.74. The third-order valence-electron chi connectivity index (χ3n) is 4.84. The molecule has 1 aliphatic rings. The van der Waals surface area contributed by atoms with Crippen molar-refractivity contribution in [3.05, 3.63) is 71.3 Å². The van der Waals surface area contributed by atoms with E-state index in [-0.39, 0.29) is 0 Å². The summed E-state index contributed by atoms with van der Waals surface area (Å²) in [5, 5.41) is 0. The Morgan fingerprint density at radius 3 is 2.14 bits per heavy atom. The van der Waals surface area contributed by atoms with Gasteiger partial charge in [-0.25, -0.2) is 0 Å². The summed E-state index contributed by atoms with van der Waals surface area (Å²) in [6.07, 6.45) is 2.50. The Labute approximate surface area is 136 Å². The second-order valence-electron chi connectivity index (χ2n) is 8.26. The van der Waals surface area contributed by atoms with Crippen molar-refractivity contribution in [2.75, 3.05) is 13.2 Å². The van der Waals surface area contributed by atoms with Crippen molar-refractivity contribution in [2.45, 2.75) is 38.6 Å². The molecule has 2 aromatic carbocycles. The van der Waals surface area contributed by atoms with Gasteiger partial charge in [-0.3, -0.25) is 0 Å². The summed E-state index contributed by atoms with van der Waals surface area (Å²) in [6, 6.07) is 20.8. The predicted molar refractivity (Wildman–Crippen MR) is 97.4 cm³/mol. The first kappa shape index (κ1) is 15.5. The summed E-state index contributed by atoms with van der Waals surface area (Å²) in [6.45, 7) is 8.66. The van der Waals surface area contributed by atoms with E-state index in [2.05, 4.69) is 81.3 Å². The van der Waals surface area contributed by atoms with Gasteiger partial charge in [0.25, 0.3) is 0 Å². The van der Waals surface area contributed by atoms with E-state index >= 15 is 0 Å². The number of benzene rings is 2. The van der Waals surface area contributed by atoms with Gasteiger partial charge in [-0.2, -0.15) is 0 Å². The van der Waals surface area contributed by atoms with E-state index in [0.29, 0.717) is 6.04 Å². The Bertz CT molecular complexity index is 644. The van der Waals surface area contributed by atoms with Crippen molar-refractivity contribution < 1.29 is 4.48 Å². The summed E-state index contributed by atoms with van der Waals surface area (Å²) < 4.78 is 1.16. The first-order valence-corrected chi connectivity index (χ1v) is 12.0. The average molecular weight is 311 g/mol. The molecule has 116 valence electrons. The van der Waals surface area contributed by atoms with Gasteiger partial charge in [-0.1, -0.05) is 74.2 Å². The van der Waals surface area contributed by atoms with Gasteiger partial charge >= 0.3 is 0 Å². The van der Waals surface area contributed by atoms with Gasteiger partial charge in [0.1, 0.15) is 20.7 Å². The van der Waals surface area contributed by atoms with Crippen molar-refractivity contribution in [3.63, 3.8) is 0 Å². The van der Waals surface area contributed by atoms with Crippen LogP contribution in [0.5, 0.6) is 0 Å². The highest BCUT2D eigenvalue weighted by Crippen LogP contribution is 2.39. The number of likely N-dealkylation sites (N-methyl/N-ethyl adjacent to an activating group) is 1. The highest BCUT2D eigenvalue weighted by molar-refractivity contribution is 6.76. The lowest BCUT2D eigenvalue weighted by atomic mass is 9.88. The molecule has 0 unspecified atom stereocenters. The van der Waals surface area contributed by atoms with Crippen LogP contribution in [-0.4, -0.2) is 25.8 Å². The molecule has 0 aromatic heterocycles. The maximum atomic E-state index is 2.50. The molecule has 0 radical (unpaired) electrons. The highest BCUT2D eigenvalue weighted by atomic mass is 28.3. The van der Waals surface area contributed by atoms with Crippen LogP contribution in [0.15, 0.2) is 54.6 Å². The van der Waals surface area contributed by atoms with Gasteiger partial charge in [0.05, 0.1) is 13.2 Å². The molecule has 3 rings (SSSR count). The normalized spacial score (nSPS) is 24.8. The van der Waals surface area contributed by atoms with Crippen molar-refractivity contribution in [1.29, 1.82) is 0 Å². The lowest BCUT2D eigenvalue weighted by molar-refractivity contribution is -0.945. The van der Waals surface area contributed by atoms with Crippen LogP contribution < -0.4 is 0 Å². The second kappa shape index (κ2) is 5.67. The molecule has 0 aliphatic carbocycles. The van der Waals surface area contributed by atoms with E-state index in [9.17, 15) is 0 Å². The molecule has 2 atom stereocenters. The van der Waals surface area contributed by atoms with Crippen molar-refractivity contribution in [3.8, 4) is 0 Å². The molecule has 0 N–H and O–H groups in total. The van der Waals surface area contributed by atoms with Crippen LogP contribution in [-0.2, 0) is 13.0 Å². The number of quaternary nitrogens is 1. The summed E-state index contributed by atoms with van der Waals surface area (Å²) >= 11 is 0. The second-order valence-corrected chi connectivity index (χ2v) is 13.7. The number of fused-ring (bicyclic) bond motifs is 1. The predicted octanol–water partition coefficient (Wildman–Crippen LogP) is 4.81. The van der Waals surface area contributed by atoms with Gasteiger partial charge in [-0.05, 0) is 5.56 Å². The van der Waals surface area contributed by atoms with Gasteiger partial charge in [0, 0.05) is 17.5 Å². The monoisotopic (exact) mass is 310 g/mol. The molecule has 1 aliphatic heterocycles. The van der Waals surface area contributed by atoms with Gasteiger partial charge in [0.2, 0.25) is 0 Å². The molecule has 1 nitrogen and oxygen atoms in total. The third kappa shape index (κ3) is 3.18. The summed E-state index contributed by atoms with van der Waals surface area (Å²) in [7, 11) is 1.34. The highest BCUT2D eigenvalue weighted by Gasteiger charge is 2.41. The molecule has 0 fully saturated rings. The molecule has 0 spiro atoms. The van der Waals surface area contributed by atoms with Gasteiger partial charge in [-0.15, -0.1) is 0 Å². The van der Waals surface area contributed by atoms with Crippen LogP contribution in [0, 0.1) is 0 Å². The molecule has 22 heavy (non-hydrogen) atoms. The fraction of sp³-hybridized carbons (Fsp3) is 0.400. The van der Waals surface area contributed by atoms with Crippen LogP contribution in [0.1, 0.15) is 22.7 Å². The Hall–Kier alpha value is -1.38. The Balaban J connectivity index is 2.04. The molecule has 0 bridgehead atoms. The largest absolute Gasteiger partial charge is 0.319 e. The van der Waals surface area contributed by atoms with E-state index in [1.54, 1.807) is 11.1 Å². The lowest BCUT2D eigenvalue weighted by Gasteiger charge is -2.48. The quantitative estimate of drug-likeness (QED) is 0.564. The molecular weight excluding hydrogens is 282 g/mol. The minimum Gasteiger partial charge on any atom is -0.319 e. The maximum Gasteiger partial charge on any atom is 0.119 e. The lowest BCUT2D eigenvalue weighted by Crippen LogP contribution is -2.56. The maximum absolute atomic E-state index is 2.50. The summed E-state index contributed by atoms with van der Waals surface area (Å²) in [5.41, 5.74) is 4.59. The van der Waals surface area contributed by atoms with Crippen LogP contribution in [0.3, 0.4) is 0 Å². The van der Waals surface area contributed by atoms with E-state index in [0.717, 1.165) is 4.48 Å². The van der Waals surface area contributed by atoms with Crippen LogP contribution in [0.25, 0.3) is 0 Å². The van der Waals surface area contributed by atoms with Crippen LogP contribution in [0.4, 0.5) is 0 Å². The zero-order valence-corrected chi connectivity index (χ0v) is 15.3. The van der Waals surface area contributed by atoms with Crippen molar-refractivity contribution in [1.82, 2.24) is 0 Å². The summed E-state index contributed by atoms with van der Waals surface area (Å²) in [5.74, 6) is 0. The molecule has 0 saturated heterocycles. The molecule has 2 aromatic rings. The topological polar surface area (TPSA) is 0 Å². The molecule has 0 amide bonds. The standard InChI is InChI=1S/C20H28NSi/c1-21(16-22(2,3)4)15-19-13-9-8-12-18(19)14-20(21)17-10-6-5-7-11-17/h5-13,20H,14-16H2,1-4H3/q+1/t20-,21+/m0/s1. The number of rotatable bonds is 3. The molecule has 0 saturated carbocycles. The molecule has 1 heterocycles. The van der Waals surface area contributed by atoms with E-state index in [1.165, 1.54) is 24.7 Å². The van der Waals surface area contributed by atoms with Gasteiger partial charge < -0.3 is 4.48 Å². The fourth-order valence-electron chi connectivity index (χ4n) is 4.24. The summed E-state index contributed by atoms with van der Waals surface area (Å²) in [4.78, 5) is 0. The molecular formula is C20H28NSi+. The first-order valence-electron chi connectivity index (χ1n) is 8.33. The Morgan fingerprint density at radius 1 is 0.909 bits per heavy atom. The van der Waals surface area contributed by atoms with Crippen molar-refractivity contribution >= 4 is 8.07 Å². The van der Waals surface area contributed by atoms with Crippen molar-refractivity contribution in [2.24, 2.45) is 0 Å². The third-order valence-corrected chi connectivity index (χ3v) is 6.51. The van der Waals surface area contributed by atoms with E-state index in [4.69, 9.17) is 0 Å². The van der Waals surface area contributed by atoms with Crippen LogP contribution >= 0.6 is 0 Å². The Morgan fingerprint density at radius 2 is 1.50 bits per heavy atom. The number of nitrogens with zero attached hydrogens (tertiary/aromatic N) is 1. The SMILES string of the molecule is C[N@+]1(C[Si](C)(C)C)Cc2ccccc2C[C@H]1c1ccccc1. The first-order chi connectivity index (χ1) is 10.4. The Kier molecular flexibility index (Phi) is 4.00. The average Bonchev–Trinajstić information content (AvgIpc) is 2.45. The van der Waals surface area contributed by atoms with E-state index in [1.807, 2.05) is 0 Å². The zero-order chi connectivity index (χ0) is 15.8. The van der Waals surface area contributed by atoms with Crippen LogP contribution in [0.2, 0.25) is 19.6 Å².